The molecule has 0 radical (unpaired) electrons. The quantitative estimate of drug-likeness (QED) is 0.862. The van der Waals surface area contributed by atoms with Gasteiger partial charge in [-0.25, -0.2) is 0 Å². The second kappa shape index (κ2) is 6.67. The van der Waals surface area contributed by atoms with Crippen LogP contribution in [0, 0.1) is 17.2 Å². The fourth-order valence-corrected chi connectivity index (χ4v) is 1.98. The van der Waals surface area contributed by atoms with E-state index in [4.69, 9.17) is 16.9 Å². The van der Waals surface area contributed by atoms with Crippen molar-refractivity contribution < 1.29 is 4.79 Å². The molecule has 96 valence electrons. The van der Waals surface area contributed by atoms with Crippen LogP contribution in [0.25, 0.3) is 0 Å². The standard InChI is InChI=1S/C13H15ClN2OS/c1-3-16(8-9(2)7-15)13(17)11-6-10(18)4-5-12(11)14/h4-6,9,18H,3,8H2,1-2H3. The second-order valence-electron chi connectivity index (χ2n) is 4.04. The van der Waals surface area contributed by atoms with Gasteiger partial charge in [-0.15, -0.1) is 12.6 Å². The summed E-state index contributed by atoms with van der Waals surface area (Å²) in [6, 6.07) is 7.15. The van der Waals surface area contributed by atoms with E-state index in [1.807, 2.05) is 6.92 Å². The SMILES string of the molecule is CCN(CC(C)C#N)C(=O)c1cc(S)ccc1Cl. The Hall–Kier alpha value is -1.18. The molecule has 0 saturated carbocycles. The van der Waals surface area contributed by atoms with Gasteiger partial charge in [0.1, 0.15) is 0 Å². The molecule has 0 saturated heterocycles. The molecular weight excluding hydrogens is 268 g/mol. The highest BCUT2D eigenvalue weighted by Gasteiger charge is 2.19. The molecule has 5 heteroatoms. The number of benzene rings is 1. The number of thiol groups is 1. The van der Waals surface area contributed by atoms with Gasteiger partial charge in [-0.2, -0.15) is 5.26 Å². The molecule has 1 unspecified atom stereocenters. The minimum absolute atomic E-state index is 0.166. The topological polar surface area (TPSA) is 44.1 Å². The Balaban J connectivity index is 2.97. The van der Waals surface area contributed by atoms with Crippen molar-refractivity contribution in [2.45, 2.75) is 18.7 Å². The van der Waals surface area contributed by atoms with Crippen molar-refractivity contribution in [3.8, 4) is 6.07 Å². The third-order valence-corrected chi connectivity index (χ3v) is 3.17. The molecular formula is C13H15ClN2OS. The van der Waals surface area contributed by atoms with Gasteiger partial charge in [0.2, 0.25) is 0 Å². The number of nitrogens with zero attached hydrogens (tertiary/aromatic N) is 2. The lowest BCUT2D eigenvalue weighted by Crippen LogP contribution is -2.34. The zero-order valence-corrected chi connectivity index (χ0v) is 12.0. The van der Waals surface area contributed by atoms with Crippen LogP contribution in [0.5, 0.6) is 0 Å². The average Bonchev–Trinajstić information content (AvgIpc) is 2.37. The van der Waals surface area contributed by atoms with E-state index in [2.05, 4.69) is 18.7 Å². The lowest BCUT2D eigenvalue weighted by molar-refractivity contribution is 0.0752. The summed E-state index contributed by atoms with van der Waals surface area (Å²) in [6.07, 6.45) is 0. The Morgan fingerprint density at radius 3 is 2.83 bits per heavy atom. The van der Waals surface area contributed by atoms with E-state index in [0.29, 0.717) is 28.6 Å². The maximum absolute atomic E-state index is 12.3. The monoisotopic (exact) mass is 282 g/mol. The molecule has 1 atom stereocenters. The summed E-state index contributed by atoms with van der Waals surface area (Å²) in [6.45, 7) is 4.60. The van der Waals surface area contributed by atoms with E-state index in [9.17, 15) is 4.79 Å². The van der Waals surface area contributed by atoms with E-state index in [0.717, 1.165) is 0 Å². The Morgan fingerprint density at radius 2 is 2.28 bits per heavy atom. The number of carbonyl (C=O) groups is 1. The number of amides is 1. The van der Waals surface area contributed by atoms with Crippen molar-refractivity contribution >= 4 is 30.1 Å². The van der Waals surface area contributed by atoms with Crippen molar-refractivity contribution in [3.05, 3.63) is 28.8 Å². The van der Waals surface area contributed by atoms with Crippen LogP contribution in [0.15, 0.2) is 23.1 Å². The van der Waals surface area contributed by atoms with Crippen LogP contribution in [-0.2, 0) is 0 Å². The molecule has 1 aromatic carbocycles. The molecule has 0 bridgehead atoms. The maximum atomic E-state index is 12.3. The Kier molecular flexibility index (Phi) is 5.52. The van der Waals surface area contributed by atoms with Gasteiger partial charge in [-0.1, -0.05) is 11.6 Å². The fraction of sp³-hybridized carbons (Fsp3) is 0.385. The summed E-state index contributed by atoms with van der Waals surface area (Å²) in [5.74, 6) is -0.368. The van der Waals surface area contributed by atoms with Crippen LogP contribution in [0.3, 0.4) is 0 Å². The van der Waals surface area contributed by atoms with Gasteiger partial charge in [0, 0.05) is 18.0 Å². The van der Waals surface area contributed by atoms with Gasteiger partial charge in [0.05, 0.1) is 22.6 Å². The number of hydrogen-bond donors (Lipinski definition) is 1. The number of halogens is 1. The first-order chi connectivity index (χ1) is 8.49. The van der Waals surface area contributed by atoms with Gasteiger partial charge in [0.15, 0.2) is 0 Å². The Morgan fingerprint density at radius 1 is 1.61 bits per heavy atom. The number of rotatable bonds is 4. The summed E-state index contributed by atoms with van der Waals surface area (Å²) >= 11 is 10.2. The lowest BCUT2D eigenvalue weighted by atomic mass is 10.1. The van der Waals surface area contributed by atoms with E-state index < -0.39 is 0 Å². The van der Waals surface area contributed by atoms with Crippen molar-refractivity contribution in [3.63, 3.8) is 0 Å². The minimum Gasteiger partial charge on any atom is -0.338 e. The number of carbonyl (C=O) groups excluding carboxylic acids is 1. The highest BCUT2D eigenvalue weighted by Crippen LogP contribution is 2.21. The smallest absolute Gasteiger partial charge is 0.255 e. The predicted molar refractivity (Wildman–Crippen MR) is 75.1 cm³/mol. The molecule has 0 heterocycles. The van der Waals surface area contributed by atoms with E-state index in [1.165, 1.54) is 0 Å². The number of hydrogen-bond acceptors (Lipinski definition) is 3. The molecule has 0 spiro atoms. The lowest BCUT2D eigenvalue weighted by Gasteiger charge is -2.22. The first kappa shape index (κ1) is 14.9. The van der Waals surface area contributed by atoms with Crippen LogP contribution in [0.1, 0.15) is 24.2 Å². The average molecular weight is 283 g/mol. The van der Waals surface area contributed by atoms with Crippen LogP contribution >= 0.6 is 24.2 Å². The van der Waals surface area contributed by atoms with Gasteiger partial charge in [-0.3, -0.25) is 4.79 Å². The molecule has 0 aliphatic heterocycles. The molecule has 3 nitrogen and oxygen atoms in total. The molecule has 0 fully saturated rings. The normalized spacial score (nSPS) is 11.7. The third kappa shape index (κ3) is 3.66. The molecule has 0 aliphatic carbocycles. The van der Waals surface area contributed by atoms with Gasteiger partial charge in [-0.05, 0) is 32.0 Å². The molecule has 1 aromatic rings. The van der Waals surface area contributed by atoms with E-state index in [-0.39, 0.29) is 11.8 Å². The molecule has 1 amide bonds. The summed E-state index contributed by atoms with van der Waals surface area (Å²) < 4.78 is 0. The summed E-state index contributed by atoms with van der Waals surface area (Å²) in [4.78, 5) is 14.6. The second-order valence-corrected chi connectivity index (χ2v) is 4.96. The third-order valence-electron chi connectivity index (χ3n) is 2.56. The summed E-state index contributed by atoms with van der Waals surface area (Å²) in [5.41, 5.74) is 0.427. The fourth-order valence-electron chi connectivity index (χ4n) is 1.57. The summed E-state index contributed by atoms with van der Waals surface area (Å²) in [7, 11) is 0. The zero-order chi connectivity index (χ0) is 13.7. The van der Waals surface area contributed by atoms with Crippen molar-refractivity contribution in [1.82, 2.24) is 4.90 Å². The van der Waals surface area contributed by atoms with Crippen LogP contribution in [-0.4, -0.2) is 23.9 Å². The minimum atomic E-state index is -0.202. The van der Waals surface area contributed by atoms with Gasteiger partial charge < -0.3 is 4.90 Å². The van der Waals surface area contributed by atoms with Crippen LogP contribution in [0.2, 0.25) is 5.02 Å². The van der Waals surface area contributed by atoms with Crippen molar-refractivity contribution in [1.29, 1.82) is 5.26 Å². The molecule has 18 heavy (non-hydrogen) atoms. The zero-order valence-electron chi connectivity index (χ0n) is 10.4. The van der Waals surface area contributed by atoms with Crippen molar-refractivity contribution in [2.75, 3.05) is 13.1 Å². The van der Waals surface area contributed by atoms with Gasteiger partial charge in [0.25, 0.3) is 5.91 Å². The highest BCUT2D eigenvalue weighted by molar-refractivity contribution is 7.80. The number of nitriles is 1. The molecule has 0 aliphatic rings. The Bertz CT molecular complexity index is 484. The molecule has 0 N–H and O–H groups in total. The Labute approximate surface area is 118 Å². The maximum Gasteiger partial charge on any atom is 0.255 e. The predicted octanol–water partition coefficient (Wildman–Crippen LogP) is 3.25. The van der Waals surface area contributed by atoms with E-state index in [1.54, 1.807) is 30.0 Å². The largest absolute Gasteiger partial charge is 0.338 e. The first-order valence-electron chi connectivity index (χ1n) is 5.67. The highest BCUT2D eigenvalue weighted by atomic mass is 35.5. The first-order valence-corrected chi connectivity index (χ1v) is 6.49. The van der Waals surface area contributed by atoms with Crippen LogP contribution < -0.4 is 0 Å². The molecule has 0 aromatic heterocycles. The molecule has 1 rings (SSSR count). The summed E-state index contributed by atoms with van der Waals surface area (Å²) in [5, 5.41) is 9.21. The van der Waals surface area contributed by atoms with Crippen molar-refractivity contribution in [2.24, 2.45) is 5.92 Å². The van der Waals surface area contributed by atoms with Crippen LogP contribution in [0.4, 0.5) is 0 Å². The van der Waals surface area contributed by atoms with Gasteiger partial charge >= 0.3 is 0 Å². The van der Waals surface area contributed by atoms with E-state index >= 15 is 0 Å².